The van der Waals surface area contributed by atoms with E-state index in [0.717, 1.165) is 37.6 Å². The number of para-hydroxylation sites is 1. The molecule has 1 heterocycles. The third kappa shape index (κ3) is 6.20. The fourth-order valence-electron chi connectivity index (χ4n) is 2.67. The average molecular weight is 318 g/mol. The van der Waals surface area contributed by atoms with Gasteiger partial charge in [-0.25, -0.2) is 0 Å². The van der Waals surface area contributed by atoms with Gasteiger partial charge in [0.1, 0.15) is 12.4 Å². The number of terminal acetylenes is 1. The number of rotatable bonds is 8. The quantitative estimate of drug-likeness (QED) is 0.697. The molecule has 126 valence electrons. The monoisotopic (exact) mass is 318 g/mol. The largest absolute Gasteiger partial charge is 0.481 e. The number of hydrogen-bond donors (Lipinski definition) is 2. The number of aliphatic hydroxyl groups is 1. The van der Waals surface area contributed by atoms with Crippen LogP contribution in [0, 0.1) is 12.3 Å². The van der Waals surface area contributed by atoms with Crippen molar-refractivity contribution in [3.05, 3.63) is 29.8 Å². The van der Waals surface area contributed by atoms with Crippen molar-refractivity contribution in [2.75, 3.05) is 46.0 Å². The van der Waals surface area contributed by atoms with Gasteiger partial charge in [0.15, 0.2) is 0 Å². The molecule has 2 N–H and O–H groups in total. The van der Waals surface area contributed by atoms with E-state index in [2.05, 4.69) is 16.1 Å². The van der Waals surface area contributed by atoms with E-state index in [-0.39, 0.29) is 6.61 Å². The van der Waals surface area contributed by atoms with E-state index < -0.39 is 5.60 Å². The van der Waals surface area contributed by atoms with Gasteiger partial charge in [-0.05, 0) is 13.0 Å². The number of benzene rings is 1. The molecule has 1 saturated heterocycles. The molecule has 1 aromatic rings. The van der Waals surface area contributed by atoms with Gasteiger partial charge in [0.25, 0.3) is 0 Å². The number of ether oxygens (including phenoxy) is 2. The van der Waals surface area contributed by atoms with E-state index in [0.29, 0.717) is 19.6 Å². The first-order valence-electron chi connectivity index (χ1n) is 7.98. The molecule has 0 spiro atoms. The molecule has 0 aromatic heterocycles. The zero-order chi connectivity index (χ0) is 16.5. The SMILES string of the molecule is C#CCOc1ccccc1CNCC(C)(O)CN1CCOCC1. The van der Waals surface area contributed by atoms with Crippen LogP contribution in [0.2, 0.25) is 0 Å². The Bertz CT molecular complexity index is 519. The average Bonchev–Trinajstić information content (AvgIpc) is 2.54. The summed E-state index contributed by atoms with van der Waals surface area (Å²) in [5.74, 6) is 3.25. The van der Waals surface area contributed by atoms with E-state index in [1.807, 2.05) is 31.2 Å². The Balaban J connectivity index is 1.80. The lowest BCUT2D eigenvalue weighted by molar-refractivity contribution is -0.0219. The van der Waals surface area contributed by atoms with Crippen LogP contribution < -0.4 is 10.1 Å². The Kier molecular flexibility index (Phi) is 6.87. The van der Waals surface area contributed by atoms with Crippen LogP contribution in [0.3, 0.4) is 0 Å². The minimum Gasteiger partial charge on any atom is -0.481 e. The van der Waals surface area contributed by atoms with E-state index >= 15 is 0 Å². The maximum absolute atomic E-state index is 10.6. The van der Waals surface area contributed by atoms with E-state index in [4.69, 9.17) is 15.9 Å². The molecule has 1 aliphatic heterocycles. The van der Waals surface area contributed by atoms with Crippen LogP contribution in [0.25, 0.3) is 0 Å². The molecule has 0 bridgehead atoms. The highest BCUT2D eigenvalue weighted by Gasteiger charge is 2.24. The Morgan fingerprint density at radius 2 is 2.13 bits per heavy atom. The van der Waals surface area contributed by atoms with Crippen LogP contribution in [-0.4, -0.2) is 61.6 Å². The van der Waals surface area contributed by atoms with Crippen molar-refractivity contribution in [2.24, 2.45) is 0 Å². The van der Waals surface area contributed by atoms with Gasteiger partial charge < -0.3 is 19.9 Å². The molecule has 0 radical (unpaired) electrons. The third-order valence-corrected chi connectivity index (χ3v) is 3.77. The first-order valence-corrected chi connectivity index (χ1v) is 7.98. The van der Waals surface area contributed by atoms with Crippen molar-refractivity contribution in [2.45, 2.75) is 19.1 Å². The molecule has 0 saturated carbocycles. The Hall–Kier alpha value is -1.58. The lowest BCUT2D eigenvalue weighted by atomic mass is 10.1. The van der Waals surface area contributed by atoms with Crippen LogP contribution in [0.15, 0.2) is 24.3 Å². The van der Waals surface area contributed by atoms with Crippen molar-refractivity contribution < 1.29 is 14.6 Å². The van der Waals surface area contributed by atoms with Crippen molar-refractivity contribution in [1.82, 2.24) is 10.2 Å². The summed E-state index contributed by atoms with van der Waals surface area (Å²) in [7, 11) is 0. The molecule has 23 heavy (non-hydrogen) atoms. The van der Waals surface area contributed by atoms with Gasteiger partial charge >= 0.3 is 0 Å². The molecule has 1 atom stereocenters. The molecule has 1 unspecified atom stereocenters. The Morgan fingerprint density at radius 3 is 2.87 bits per heavy atom. The van der Waals surface area contributed by atoms with Gasteiger partial charge in [-0.1, -0.05) is 24.1 Å². The second-order valence-electron chi connectivity index (χ2n) is 6.09. The standard InChI is InChI=1S/C18H26N2O3/c1-3-10-23-17-7-5-4-6-16(17)13-19-14-18(2,21)15-20-8-11-22-12-9-20/h1,4-7,19,21H,8-15H2,2H3. The molecule has 1 fully saturated rings. The summed E-state index contributed by atoms with van der Waals surface area (Å²) in [6.45, 7) is 7.11. The molecule has 2 rings (SSSR count). The Morgan fingerprint density at radius 1 is 1.39 bits per heavy atom. The van der Waals surface area contributed by atoms with Gasteiger partial charge in [-0.2, -0.15) is 0 Å². The van der Waals surface area contributed by atoms with Crippen LogP contribution in [0.4, 0.5) is 0 Å². The van der Waals surface area contributed by atoms with Crippen LogP contribution in [-0.2, 0) is 11.3 Å². The maximum atomic E-state index is 10.6. The lowest BCUT2D eigenvalue weighted by Gasteiger charge is -2.34. The van der Waals surface area contributed by atoms with E-state index in [9.17, 15) is 5.11 Å². The highest BCUT2D eigenvalue weighted by molar-refractivity contribution is 5.33. The van der Waals surface area contributed by atoms with Crippen molar-refractivity contribution in [1.29, 1.82) is 0 Å². The van der Waals surface area contributed by atoms with Crippen molar-refractivity contribution in [3.8, 4) is 18.1 Å². The summed E-state index contributed by atoms with van der Waals surface area (Å²) in [6.07, 6.45) is 5.24. The fraction of sp³-hybridized carbons (Fsp3) is 0.556. The summed E-state index contributed by atoms with van der Waals surface area (Å²) in [5.41, 5.74) is 0.247. The minimum absolute atomic E-state index is 0.256. The van der Waals surface area contributed by atoms with Gasteiger partial charge in [0, 0.05) is 38.3 Å². The summed E-state index contributed by atoms with van der Waals surface area (Å²) < 4.78 is 10.9. The van der Waals surface area contributed by atoms with Gasteiger partial charge in [0.05, 0.1) is 18.8 Å². The number of nitrogens with one attached hydrogen (secondary N) is 1. The normalized spacial score (nSPS) is 18.1. The summed E-state index contributed by atoms with van der Waals surface area (Å²) in [4.78, 5) is 2.23. The molecule has 5 nitrogen and oxygen atoms in total. The summed E-state index contributed by atoms with van der Waals surface area (Å²) in [6, 6.07) is 7.78. The second-order valence-corrected chi connectivity index (χ2v) is 6.09. The second kappa shape index (κ2) is 8.90. The number of morpholine rings is 1. The molecular formula is C18H26N2O3. The van der Waals surface area contributed by atoms with Crippen LogP contribution >= 0.6 is 0 Å². The van der Waals surface area contributed by atoms with Gasteiger partial charge in [-0.3, -0.25) is 4.90 Å². The molecule has 0 amide bonds. The maximum Gasteiger partial charge on any atom is 0.148 e. The molecule has 1 aliphatic rings. The van der Waals surface area contributed by atoms with Crippen LogP contribution in [0.1, 0.15) is 12.5 Å². The van der Waals surface area contributed by atoms with E-state index in [1.54, 1.807) is 0 Å². The smallest absolute Gasteiger partial charge is 0.148 e. The zero-order valence-electron chi connectivity index (χ0n) is 13.8. The highest BCUT2D eigenvalue weighted by Crippen LogP contribution is 2.18. The zero-order valence-corrected chi connectivity index (χ0v) is 13.8. The van der Waals surface area contributed by atoms with E-state index in [1.165, 1.54) is 0 Å². The van der Waals surface area contributed by atoms with Gasteiger partial charge in [0.2, 0.25) is 0 Å². The first kappa shape index (κ1) is 17.8. The fourth-order valence-corrected chi connectivity index (χ4v) is 2.67. The molecular weight excluding hydrogens is 292 g/mol. The molecule has 5 heteroatoms. The molecule has 1 aromatic carbocycles. The van der Waals surface area contributed by atoms with Gasteiger partial charge in [-0.15, -0.1) is 6.42 Å². The van der Waals surface area contributed by atoms with Crippen molar-refractivity contribution >= 4 is 0 Å². The van der Waals surface area contributed by atoms with Crippen LogP contribution in [0.5, 0.6) is 5.75 Å². The summed E-state index contributed by atoms with van der Waals surface area (Å²) in [5, 5.41) is 13.9. The molecule has 0 aliphatic carbocycles. The topological polar surface area (TPSA) is 54.0 Å². The number of hydrogen-bond acceptors (Lipinski definition) is 5. The Labute approximate surface area is 138 Å². The first-order chi connectivity index (χ1) is 11.1. The highest BCUT2D eigenvalue weighted by atomic mass is 16.5. The summed E-state index contributed by atoms with van der Waals surface area (Å²) >= 11 is 0. The number of nitrogens with zero attached hydrogens (tertiary/aromatic N) is 1. The minimum atomic E-state index is -0.786. The van der Waals surface area contributed by atoms with Crippen molar-refractivity contribution in [3.63, 3.8) is 0 Å². The third-order valence-electron chi connectivity index (χ3n) is 3.77. The predicted octanol–water partition coefficient (Wildman–Crippen LogP) is 0.871. The number of β-amino-alcohol motifs (C(OH)–C–C–N with tert-alkyl or cyclic N) is 1. The lowest BCUT2D eigenvalue weighted by Crippen LogP contribution is -2.50. The predicted molar refractivity (Wildman–Crippen MR) is 90.4 cm³/mol.